The Bertz CT molecular complexity index is 855. The summed E-state index contributed by atoms with van der Waals surface area (Å²) < 4.78 is 22.9. The summed E-state index contributed by atoms with van der Waals surface area (Å²) in [5, 5.41) is 14.0. The average molecular weight is 376 g/mol. The molecule has 0 bridgehead atoms. The number of nitrogens with one attached hydrogen (secondary N) is 1. The predicted octanol–water partition coefficient (Wildman–Crippen LogP) is 2.83. The standard InChI is InChI=1S/C18H17FN2O6/c1-26-8-7-20-15-6-5-13(10-16(15)21(24)25)18(23)27-11-17(22)12-3-2-4-14(19)9-12/h2-6,9-10,20H,7-8,11H2,1H3. The third kappa shape index (κ3) is 5.58. The van der Waals surface area contributed by atoms with Gasteiger partial charge in [0.05, 0.1) is 17.1 Å². The molecule has 142 valence electrons. The van der Waals surface area contributed by atoms with Crippen LogP contribution in [-0.2, 0) is 9.47 Å². The van der Waals surface area contributed by atoms with Gasteiger partial charge in [0.15, 0.2) is 12.4 Å². The highest BCUT2D eigenvalue weighted by Crippen LogP contribution is 2.25. The van der Waals surface area contributed by atoms with Crippen molar-refractivity contribution in [2.75, 3.05) is 32.2 Å². The van der Waals surface area contributed by atoms with E-state index >= 15 is 0 Å². The second-order valence-electron chi connectivity index (χ2n) is 5.42. The maximum Gasteiger partial charge on any atom is 0.338 e. The molecule has 0 aliphatic rings. The van der Waals surface area contributed by atoms with Gasteiger partial charge in [0.2, 0.25) is 0 Å². The van der Waals surface area contributed by atoms with Gasteiger partial charge in [0.1, 0.15) is 11.5 Å². The van der Waals surface area contributed by atoms with Gasteiger partial charge in [0, 0.05) is 25.3 Å². The molecule has 1 N–H and O–H groups in total. The predicted molar refractivity (Wildman–Crippen MR) is 94.5 cm³/mol. The molecular weight excluding hydrogens is 359 g/mol. The van der Waals surface area contributed by atoms with Gasteiger partial charge in [0.25, 0.3) is 5.69 Å². The molecule has 0 unspecified atom stereocenters. The number of anilines is 1. The van der Waals surface area contributed by atoms with Crippen molar-refractivity contribution in [3.8, 4) is 0 Å². The maximum atomic E-state index is 13.1. The normalized spacial score (nSPS) is 10.3. The number of esters is 1. The summed E-state index contributed by atoms with van der Waals surface area (Å²) in [5.41, 5.74) is -0.0982. The van der Waals surface area contributed by atoms with Gasteiger partial charge in [-0.2, -0.15) is 0 Å². The smallest absolute Gasteiger partial charge is 0.338 e. The molecule has 9 heteroatoms. The SMILES string of the molecule is COCCNc1ccc(C(=O)OCC(=O)c2cccc(F)c2)cc1[N+](=O)[O-]. The Labute approximate surface area is 154 Å². The lowest BCUT2D eigenvalue weighted by atomic mass is 10.1. The second-order valence-corrected chi connectivity index (χ2v) is 5.42. The molecule has 0 fully saturated rings. The fraction of sp³-hybridized carbons (Fsp3) is 0.222. The van der Waals surface area contributed by atoms with Crippen LogP contribution < -0.4 is 5.32 Å². The number of methoxy groups -OCH3 is 1. The number of halogens is 1. The van der Waals surface area contributed by atoms with Gasteiger partial charge in [-0.15, -0.1) is 0 Å². The van der Waals surface area contributed by atoms with E-state index in [1.165, 1.54) is 37.4 Å². The van der Waals surface area contributed by atoms with Crippen molar-refractivity contribution in [3.63, 3.8) is 0 Å². The third-order valence-electron chi connectivity index (χ3n) is 3.53. The zero-order valence-corrected chi connectivity index (χ0v) is 14.4. The molecule has 0 aliphatic carbocycles. The van der Waals surface area contributed by atoms with E-state index in [0.29, 0.717) is 13.2 Å². The molecule has 2 rings (SSSR count). The van der Waals surface area contributed by atoms with Gasteiger partial charge in [-0.25, -0.2) is 9.18 Å². The Hall–Kier alpha value is -3.33. The van der Waals surface area contributed by atoms with Crippen molar-refractivity contribution in [1.82, 2.24) is 0 Å². The van der Waals surface area contributed by atoms with Crippen LogP contribution in [-0.4, -0.2) is 43.5 Å². The number of ketones is 1. The number of rotatable bonds is 9. The topological polar surface area (TPSA) is 108 Å². The molecular formula is C18H17FN2O6. The number of carbonyl (C=O) groups is 2. The summed E-state index contributed by atoms with van der Waals surface area (Å²) in [6, 6.07) is 8.75. The molecule has 0 aliphatic heterocycles. The third-order valence-corrected chi connectivity index (χ3v) is 3.53. The van der Waals surface area contributed by atoms with Crippen LogP contribution in [0, 0.1) is 15.9 Å². The lowest BCUT2D eigenvalue weighted by Crippen LogP contribution is -2.15. The van der Waals surface area contributed by atoms with E-state index < -0.39 is 29.1 Å². The van der Waals surface area contributed by atoms with E-state index in [1.54, 1.807) is 0 Å². The van der Waals surface area contributed by atoms with Crippen LogP contribution in [0.15, 0.2) is 42.5 Å². The lowest BCUT2D eigenvalue weighted by Gasteiger charge is -2.08. The minimum atomic E-state index is -0.897. The Morgan fingerprint density at radius 3 is 2.63 bits per heavy atom. The first kappa shape index (κ1) is 20.0. The number of ether oxygens (including phenoxy) is 2. The maximum absolute atomic E-state index is 13.1. The van der Waals surface area contributed by atoms with Crippen LogP contribution in [0.4, 0.5) is 15.8 Å². The first-order valence-corrected chi connectivity index (χ1v) is 7.89. The van der Waals surface area contributed by atoms with Crippen molar-refractivity contribution in [1.29, 1.82) is 0 Å². The van der Waals surface area contributed by atoms with Crippen LogP contribution in [0.3, 0.4) is 0 Å². The summed E-state index contributed by atoms with van der Waals surface area (Å²) in [7, 11) is 1.50. The number of Topliss-reactive ketones (excluding diaryl/α,β-unsaturated/α-hetero) is 1. The van der Waals surface area contributed by atoms with Gasteiger partial charge >= 0.3 is 5.97 Å². The number of nitrogens with zero attached hydrogens (tertiary/aromatic N) is 1. The first-order valence-electron chi connectivity index (χ1n) is 7.89. The summed E-state index contributed by atoms with van der Waals surface area (Å²) in [4.78, 5) is 34.6. The van der Waals surface area contributed by atoms with Crippen molar-refractivity contribution >= 4 is 23.1 Å². The fourth-order valence-corrected chi connectivity index (χ4v) is 2.21. The molecule has 2 aromatic rings. The molecule has 0 heterocycles. The van der Waals surface area contributed by atoms with Gasteiger partial charge in [-0.3, -0.25) is 14.9 Å². The average Bonchev–Trinajstić information content (AvgIpc) is 2.66. The Balaban J connectivity index is 2.06. The Morgan fingerprint density at radius 2 is 1.96 bits per heavy atom. The summed E-state index contributed by atoms with van der Waals surface area (Å²) in [6.45, 7) is 0.0936. The van der Waals surface area contributed by atoms with Gasteiger partial charge in [-0.05, 0) is 24.3 Å². The number of benzene rings is 2. The van der Waals surface area contributed by atoms with Crippen LogP contribution in [0.25, 0.3) is 0 Å². The van der Waals surface area contributed by atoms with E-state index in [-0.39, 0.29) is 22.5 Å². The molecule has 0 saturated heterocycles. The van der Waals surface area contributed by atoms with Crippen LogP contribution in [0.1, 0.15) is 20.7 Å². The van der Waals surface area contributed by atoms with E-state index in [2.05, 4.69) is 5.32 Å². The molecule has 27 heavy (non-hydrogen) atoms. The zero-order valence-electron chi connectivity index (χ0n) is 14.4. The van der Waals surface area contributed by atoms with Gasteiger partial charge < -0.3 is 14.8 Å². The van der Waals surface area contributed by atoms with Gasteiger partial charge in [-0.1, -0.05) is 12.1 Å². The van der Waals surface area contributed by atoms with Crippen molar-refractivity contribution in [3.05, 3.63) is 69.5 Å². The first-order chi connectivity index (χ1) is 12.9. The van der Waals surface area contributed by atoms with E-state index in [0.717, 1.165) is 12.1 Å². The van der Waals surface area contributed by atoms with Crippen LogP contribution in [0.5, 0.6) is 0 Å². The summed E-state index contributed by atoms with van der Waals surface area (Å²) in [5.74, 6) is -2.07. The van der Waals surface area contributed by atoms with Crippen molar-refractivity contribution in [2.45, 2.75) is 0 Å². The molecule has 0 amide bonds. The number of nitro groups is 1. The number of nitro benzene ring substituents is 1. The zero-order chi connectivity index (χ0) is 19.8. The number of carbonyl (C=O) groups excluding carboxylic acids is 2. The Morgan fingerprint density at radius 1 is 1.19 bits per heavy atom. The summed E-state index contributed by atoms with van der Waals surface area (Å²) >= 11 is 0. The fourth-order valence-electron chi connectivity index (χ4n) is 2.21. The van der Waals surface area contributed by atoms with Crippen molar-refractivity contribution < 1.29 is 28.4 Å². The molecule has 0 spiro atoms. The summed E-state index contributed by atoms with van der Waals surface area (Å²) in [6.07, 6.45) is 0. The monoisotopic (exact) mass is 376 g/mol. The van der Waals surface area contributed by atoms with Crippen LogP contribution in [0.2, 0.25) is 0 Å². The van der Waals surface area contributed by atoms with Crippen LogP contribution >= 0.6 is 0 Å². The second kappa shape index (κ2) is 9.39. The quantitative estimate of drug-likeness (QED) is 0.236. The van der Waals surface area contributed by atoms with E-state index in [1.807, 2.05) is 0 Å². The van der Waals surface area contributed by atoms with E-state index in [4.69, 9.17) is 9.47 Å². The molecule has 0 radical (unpaired) electrons. The largest absolute Gasteiger partial charge is 0.454 e. The minimum Gasteiger partial charge on any atom is -0.454 e. The minimum absolute atomic E-state index is 0.0615. The van der Waals surface area contributed by atoms with E-state index in [9.17, 15) is 24.1 Å². The highest BCUT2D eigenvalue weighted by Gasteiger charge is 2.19. The Kier molecular flexibility index (Phi) is 6.95. The highest BCUT2D eigenvalue weighted by molar-refractivity contribution is 5.99. The molecule has 0 saturated carbocycles. The lowest BCUT2D eigenvalue weighted by molar-refractivity contribution is -0.384. The number of hydrogen-bond acceptors (Lipinski definition) is 7. The molecule has 0 aromatic heterocycles. The number of hydrogen-bond donors (Lipinski definition) is 1. The highest BCUT2D eigenvalue weighted by atomic mass is 19.1. The van der Waals surface area contributed by atoms with Crippen molar-refractivity contribution in [2.24, 2.45) is 0 Å². The molecule has 2 aromatic carbocycles. The molecule has 0 atom stereocenters. The molecule has 8 nitrogen and oxygen atoms in total.